The van der Waals surface area contributed by atoms with E-state index in [2.05, 4.69) is 11.0 Å². The molecule has 0 amide bonds. The van der Waals surface area contributed by atoms with E-state index in [1.165, 1.54) is 0 Å². The van der Waals surface area contributed by atoms with Crippen molar-refractivity contribution in [2.75, 3.05) is 37.8 Å². The predicted molar refractivity (Wildman–Crippen MR) is 77.3 cm³/mol. The van der Waals surface area contributed by atoms with Crippen LogP contribution in [0.4, 0.5) is 5.69 Å². The third-order valence-electron chi connectivity index (χ3n) is 4.14. The highest BCUT2D eigenvalue weighted by atomic mass is 16.5. The molecule has 1 aromatic rings. The topological polar surface area (TPSA) is 38.8 Å². The number of nitrogens with zero attached hydrogens (tertiary/aromatic N) is 1. The third-order valence-corrected chi connectivity index (χ3v) is 4.14. The molecule has 4 nitrogen and oxygen atoms in total. The molecule has 2 aliphatic rings. The molecule has 108 valence electrons. The fourth-order valence-corrected chi connectivity index (χ4v) is 3.07. The van der Waals surface area contributed by atoms with E-state index in [0.29, 0.717) is 6.61 Å². The van der Waals surface area contributed by atoms with Crippen LogP contribution in [0.5, 0.6) is 5.75 Å². The van der Waals surface area contributed by atoms with Gasteiger partial charge in [-0.1, -0.05) is 12.1 Å². The van der Waals surface area contributed by atoms with Gasteiger partial charge in [-0.25, -0.2) is 0 Å². The molecule has 3 rings (SSSR count). The number of anilines is 1. The molecule has 1 saturated heterocycles. The van der Waals surface area contributed by atoms with Crippen molar-refractivity contribution < 1.29 is 14.3 Å². The molecular weight excluding hydrogens is 254 g/mol. The van der Waals surface area contributed by atoms with Gasteiger partial charge in [-0.05, 0) is 31.4 Å². The zero-order valence-corrected chi connectivity index (χ0v) is 11.7. The molecule has 0 N–H and O–H groups in total. The number of hydrogen-bond donors (Lipinski definition) is 0. The Balaban J connectivity index is 1.84. The Kier molecular flexibility index (Phi) is 3.92. The molecular formula is C16H21NO3. The molecule has 1 fully saturated rings. The molecule has 1 atom stereocenters. The second-order valence-corrected chi connectivity index (χ2v) is 5.73. The Morgan fingerprint density at radius 1 is 1.25 bits per heavy atom. The monoisotopic (exact) mass is 275 g/mol. The van der Waals surface area contributed by atoms with Crippen molar-refractivity contribution in [2.45, 2.75) is 19.3 Å². The Morgan fingerprint density at radius 2 is 2.15 bits per heavy atom. The Hall–Kier alpha value is -1.55. The van der Waals surface area contributed by atoms with Crippen LogP contribution in [0, 0.1) is 5.41 Å². The van der Waals surface area contributed by atoms with E-state index in [-0.39, 0.29) is 5.41 Å². The molecule has 0 spiro atoms. The SMILES string of the molecule is O=CC1(CN2CCCOc3ccccc32)CCCOC1. The first-order valence-corrected chi connectivity index (χ1v) is 7.34. The minimum atomic E-state index is -0.365. The highest BCUT2D eigenvalue weighted by Crippen LogP contribution is 2.35. The van der Waals surface area contributed by atoms with E-state index in [1.807, 2.05) is 18.2 Å². The lowest BCUT2D eigenvalue weighted by molar-refractivity contribution is -0.122. The number of carbonyl (C=O) groups excluding carboxylic acids is 1. The molecule has 20 heavy (non-hydrogen) atoms. The van der Waals surface area contributed by atoms with Gasteiger partial charge in [-0.15, -0.1) is 0 Å². The highest BCUT2D eigenvalue weighted by molar-refractivity contribution is 5.64. The van der Waals surface area contributed by atoms with Crippen LogP contribution in [0.15, 0.2) is 24.3 Å². The standard InChI is InChI=1S/C16H21NO3/c18-12-16(7-3-9-19-13-16)11-17-8-4-10-20-15-6-2-1-5-14(15)17/h1-2,5-6,12H,3-4,7-11,13H2. The van der Waals surface area contributed by atoms with Gasteiger partial charge >= 0.3 is 0 Å². The van der Waals surface area contributed by atoms with Crippen molar-refractivity contribution in [3.05, 3.63) is 24.3 Å². The van der Waals surface area contributed by atoms with Gasteiger partial charge in [0, 0.05) is 19.7 Å². The normalized spacial score (nSPS) is 26.3. The van der Waals surface area contributed by atoms with Crippen LogP contribution < -0.4 is 9.64 Å². The number of rotatable bonds is 3. The van der Waals surface area contributed by atoms with Crippen LogP contribution in [0.3, 0.4) is 0 Å². The summed E-state index contributed by atoms with van der Waals surface area (Å²) in [5.74, 6) is 0.919. The van der Waals surface area contributed by atoms with E-state index in [1.54, 1.807) is 0 Å². The third kappa shape index (κ3) is 2.66. The predicted octanol–water partition coefficient (Wildman–Crippen LogP) is 2.27. The first-order chi connectivity index (χ1) is 9.83. The van der Waals surface area contributed by atoms with Crippen molar-refractivity contribution in [3.8, 4) is 5.75 Å². The Bertz CT molecular complexity index is 469. The number of fused-ring (bicyclic) bond motifs is 1. The van der Waals surface area contributed by atoms with E-state index in [9.17, 15) is 4.79 Å². The molecule has 0 radical (unpaired) electrons. The van der Waals surface area contributed by atoms with Gasteiger partial charge < -0.3 is 19.2 Å². The molecule has 0 aliphatic carbocycles. The number of hydrogen-bond acceptors (Lipinski definition) is 4. The molecule has 0 saturated carbocycles. The highest BCUT2D eigenvalue weighted by Gasteiger charge is 2.35. The number of para-hydroxylation sites is 2. The quantitative estimate of drug-likeness (QED) is 0.793. The van der Waals surface area contributed by atoms with Crippen molar-refractivity contribution in [3.63, 3.8) is 0 Å². The smallest absolute Gasteiger partial charge is 0.142 e. The van der Waals surface area contributed by atoms with Crippen LogP contribution in [0.1, 0.15) is 19.3 Å². The fraction of sp³-hybridized carbons (Fsp3) is 0.562. The molecule has 1 unspecified atom stereocenters. The summed E-state index contributed by atoms with van der Waals surface area (Å²) in [5.41, 5.74) is 0.729. The lowest BCUT2D eigenvalue weighted by atomic mass is 9.83. The van der Waals surface area contributed by atoms with Gasteiger partial charge in [0.15, 0.2) is 0 Å². The molecule has 0 bridgehead atoms. The van der Waals surface area contributed by atoms with E-state index >= 15 is 0 Å². The minimum Gasteiger partial charge on any atom is -0.491 e. The van der Waals surface area contributed by atoms with E-state index < -0.39 is 0 Å². The lowest BCUT2D eigenvalue weighted by Gasteiger charge is -2.37. The number of benzene rings is 1. The zero-order valence-electron chi connectivity index (χ0n) is 11.7. The summed E-state index contributed by atoms with van der Waals surface area (Å²) < 4.78 is 11.3. The average Bonchev–Trinajstić information content (AvgIpc) is 2.71. The molecule has 4 heteroatoms. The zero-order chi connectivity index (χ0) is 13.8. The van der Waals surface area contributed by atoms with Crippen molar-refractivity contribution in [2.24, 2.45) is 5.41 Å². The first-order valence-electron chi connectivity index (χ1n) is 7.34. The number of carbonyl (C=O) groups is 1. The maximum absolute atomic E-state index is 11.6. The summed E-state index contributed by atoms with van der Waals surface area (Å²) >= 11 is 0. The van der Waals surface area contributed by atoms with Gasteiger partial charge in [-0.3, -0.25) is 0 Å². The van der Waals surface area contributed by atoms with Crippen LogP contribution in [0.25, 0.3) is 0 Å². The summed E-state index contributed by atoms with van der Waals surface area (Å²) in [6.45, 7) is 3.69. The summed E-state index contributed by atoms with van der Waals surface area (Å²) in [4.78, 5) is 13.9. The van der Waals surface area contributed by atoms with Crippen molar-refractivity contribution in [1.29, 1.82) is 0 Å². The fourth-order valence-electron chi connectivity index (χ4n) is 3.07. The second kappa shape index (κ2) is 5.83. The minimum absolute atomic E-state index is 0.365. The number of ether oxygens (including phenoxy) is 2. The van der Waals surface area contributed by atoms with Crippen LogP contribution in [-0.4, -0.2) is 39.2 Å². The maximum atomic E-state index is 11.6. The van der Waals surface area contributed by atoms with Crippen molar-refractivity contribution in [1.82, 2.24) is 0 Å². The Morgan fingerprint density at radius 3 is 2.95 bits per heavy atom. The lowest BCUT2D eigenvalue weighted by Crippen LogP contribution is -2.44. The molecule has 0 aromatic heterocycles. The summed E-state index contributed by atoms with van der Waals surface area (Å²) in [5, 5.41) is 0. The summed E-state index contributed by atoms with van der Waals surface area (Å²) in [6.07, 6.45) is 3.95. The summed E-state index contributed by atoms with van der Waals surface area (Å²) in [6, 6.07) is 8.08. The molecule has 2 heterocycles. The van der Waals surface area contributed by atoms with Gasteiger partial charge in [-0.2, -0.15) is 0 Å². The first kappa shape index (κ1) is 13.4. The van der Waals surface area contributed by atoms with Crippen LogP contribution in [0.2, 0.25) is 0 Å². The van der Waals surface area contributed by atoms with Gasteiger partial charge in [0.25, 0.3) is 0 Å². The van der Waals surface area contributed by atoms with Gasteiger partial charge in [0.1, 0.15) is 12.0 Å². The van der Waals surface area contributed by atoms with Crippen molar-refractivity contribution >= 4 is 12.0 Å². The van der Waals surface area contributed by atoms with E-state index in [4.69, 9.17) is 9.47 Å². The molecule has 1 aromatic carbocycles. The van der Waals surface area contributed by atoms with E-state index in [0.717, 1.165) is 63.3 Å². The van der Waals surface area contributed by atoms with Crippen LogP contribution in [-0.2, 0) is 9.53 Å². The average molecular weight is 275 g/mol. The summed E-state index contributed by atoms with van der Waals surface area (Å²) in [7, 11) is 0. The number of aldehydes is 1. The van der Waals surface area contributed by atoms with Gasteiger partial charge in [0.2, 0.25) is 0 Å². The Labute approximate surface area is 119 Å². The molecule has 2 aliphatic heterocycles. The maximum Gasteiger partial charge on any atom is 0.142 e. The second-order valence-electron chi connectivity index (χ2n) is 5.73. The van der Waals surface area contributed by atoms with Gasteiger partial charge in [0.05, 0.1) is 24.3 Å². The largest absolute Gasteiger partial charge is 0.491 e. The van der Waals surface area contributed by atoms with Crippen LogP contribution >= 0.6 is 0 Å².